The molecule has 166 valence electrons. The molecule has 0 unspecified atom stereocenters. The first-order valence-electron chi connectivity index (χ1n) is 12.8. The molecule has 5 aliphatic rings. The van der Waals surface area contributed by atoms with Gasteiger partial charge in [-0.3, -0.25) is 9.59 Å². The zero-order chi connectivity index (χ0) is 20.9. The lowest BCUT2D eigenvalue weighted by atomic mass is 9.47. The van der Waals surface area contributed by atoms with Crippen LogP contribution in [0.2, 0.25) is 0 Å². The second-order valence-electron chi connectivity index (χ2n) is 11.8. The van der Waals surface area contributed by atoms with E-state index in [1.54, 1.807) is 0 Å². The van der Waals surface area contributed by atoms with Crippen LogP contribution in [0, 0.1) is 34.5 Å². The number of rotatable bonds is 4. The Morgan fingerprint density at radius 1 is 1.00 bits per heavy atom. The lowest BCUT2D eigenvalue weighted by molar-refractivity contribution is -0.160. The fourth-order valence-corrected chi connectivity index (χ4v) is 8.54. The van der Waals surface area contributed by atoms with Crippen LogP contribution in [-0.4, -0.2) is 17.9 Å². The molecule has 0 aromatic carbocycles. The Morgan fingerprint density at radius 2 is 1.80 bits per heavy atom. The van der Waals surface area contributed by atoms with Crippen molar-refractivity contribution in [2.45, 2.75) is 110 Å². The van der Waals surface area contributed by atoms with Crippen LogP contribution < -0.4 is 0 Å². The van der Waals surface area contributed by atoms with Crippen LogP contribution in [0.4, 0.5) is 0 Å². The maximum Gasteiger partial charge on any atom is 0.306 e. The normalized spacial score (nSPS) is 43.5. The second kappa shape index (κ2) is 7.78. The maximum atomic E-state index is 12.7. The van der Waals surface area contributed by atoms with Crippen LogP contribution in [0.3, 0.4) is 0 Å². The lowest BCUT2D eigenvalue weighted by Gasteiger charge is -2.57. The zero-order valence-electron chi connectivity index (χ0n) is 19.1. The Kier molecular flexibility index (Phi) is 5.39. The smallest absolute Gasteiger partial charge is 0.306 e. The number of hydrogen-bond acceptors (Lipinski definition) is 3. The molecular weight excluding hydrogens is 372 g/mol. The molecule has 0 amide bonds. The molecule has 3 nitrogen and oxygen atoms in total. The topological polar surface area (TPSA) is 43.4 Å². The monoisotopic (exact) mass is 412 g/mol. The zero-order valence-corrected chi connectivity index (χ0v) is 19.1. The summed E-state index contributed by atoms with van der Waals surface area (Å²) in [6, 6.07) is 0. The summed E-state index contributed by atoms with van der Waals surface area (Å²) in [7, 11) is 0. The Labute approximate surface area is 182 Å². The van der Waals surface area contributed by atoms with Crippen LogP contribution in [0.25, 0.3) is 0 Å². The fraction of sp³-hybridized carbons (Fsp3) is 0.852. The molecule has 5 rings (SSSR count). The highest BCUT2D eigenvalue weighted by molar-refractivity contribution is 5.91. The minimum atomic E-state index is 0.0579. The Balaban J connectivity index is 1.25. The summed E-state index contributed by atoms with van der Waals surface area (Å²) in [6.45, 7) is 4.87. The number of fused-ring (bicyclic) bond motifs is 5. The van der Waals surface area contributed by atoms with E-state index >= 15 is 0 Å². The van der Waals surface area contributed by atoms with Gasteiger partial charge >= 0.3 is 5.97 Å². The molecule has 0 N–H and O–H groups in total. The molecule has 0 aliphatic heterocycles. The number of esters is 1. The van der Waals surface area contributed by atoms with Gasteiger partial charge in [-0.2, -0.15) is 0 Å². The van der Waals surface area contributed by atoms with Gasteiger partial charge in [0.15, 0.2) is 5.78 Å². The summed E-state index contributed by atoms with van der Waals surface area (Å²) in [4.78, 5) is 24.7. The van der Waals surface area contributed by atoms with Gasteiger partial charge in [-0.1, -0.05) is 45.1 Å². The van der Waals surface area contributed by atoms with Crippen molar-refractivity contribution < 1.29 is 14.3 Å². The van der Waals surface area contributed by atoms with Crippen molar-refractivity contribution in [3.63, 3.8) is 0 Å². The van der Waals surface area contributed by atoms with Crippen molar-refractivity contribution >= 4 is 11.8 Å². The second-order valence-corrected chi connectivity index (χ2v) is 11.8. The van der Waals surface area contributed by atoms with Crippen molar-refractivity contribution in [3.05, 3.63) is 11.6 Å². The summed E-state index contributed by atoms with van der Waals surface area (Å²) in [5.74, 6) is 3.28. The average molecular weight is 413 g/mol. The molecule has 0 spiro atoms. The molecule has 0 aromatic rings. The molecule has 30 heavy (non-hydrogen) atoms. The van der Waals surface area contributed by atoms with Crippen LogP contribution in [0.5, 0.6) is 0 Å². The van der Waals surface area contributed by atoms with Gasteiger partial charge in [0, 0.05) is 18.3 Å². The number of hydrogen-bond donors (Lipinski definition) is 0. The van der Waals surface area contributed by atoms with Crippen LogP contribution in [-0.2, 0) is 14.3 Å². The number of ether oxygens (including phenoxy) is 1. The lowest BCUT2D eigenvalue weighted by Crippen LogP contribution is -2.51. The van der Waals surface area contributed by atoms with Gasteiger partial charge in [0.1, 0.15) is 6.10 Å². The largest absolute Gasteiger partial charge is 0.462 e. The maximum absolute atomic E-state index is 12.7. The molecular formula is C27H40O3. The molecule has 0 aromatic heterocycles. The van der Waals surface area contributed by atoms with E-state index in [2.05, 4.69) is 13.8 Å². The highest BCUT2D eigenvalue weighted by Crippen LogP contribution is 2.65. The summed E-state index contributed by atoms with van der Waals surface area (Å²) >= 11 is 0. The van der Waals surface area contributed by atoms with Gasteiger partial charge in [-0.15, -0.1) is 0 Å². The van der Waals surface area contributed by atoms with Crippen molar-refractivity contribution in [1.82, 2.24) is 0 Å². The first-order valence-corrected chi connectivity index (χ1v) is 12.8. The highest BCUT2D eigenvalue weighted by Gasteiger charge is 2.59. The van der Waals surface area contributed by atoms with Gasteiger partial charge in [-0.05, 0) is 86.5 Å². The van der Waals surface area contributed by atoms with E-state index in [4.69, 9.17) is 4.74 Å². The Hall–Kier alpha value is -1.12. The molecule has 4 fully saturated rings. The number of ketones is 1. The van der Waals surface area contributed by atoms with Gasteiger partial charge in [0.2, 0.25) is 0 Å². The SMILES string of the molecule is C[C@]12CC[C@@H]3[C@H](CCC4=CC(=O)CC[C@@]43C)[C@@H]1CC[C@@H]2OC(=O)CCC1CCCC1. The van der Waals surface area contributed by atoms with E-state index in [0.29, 0.717) is 24.0 Å². The number of allylic oxidation sites excluding steroid dienone is 1. The minimum Gasteiger partial charge on any atom is -0.462 e. The molecule has 6 atom stereocenters. The first-order chi connectivity index (χ1) is 14.4. The third-order valence-electron chi connectivity index (χ3n) is 10.4. The molecule has 0 heterocycles. The van der Waals surface area contributed by atoms with E-state index in [1.165, 1.54) is 56.9 Å². The van der Waals surface area contributed by atoms with Crippen LogP contribution in [0.1, 0.15) is 104 Å². The van der Waals surface area contributed by atoms with Crippen molar-refractivity contribution in [2.75, 3.05) is 0 Å². The molecule has 0 saturated heterocycles. The van der Waals surface area contributed by atoms with Crippen molar-refractivity contribution in [1.29, 1.82) is 0 Å². The average Bonchev–Trinajstić information content (AvgIpc) is 3.35. The quantitative estimate of drug-likeness (QED) is 0.502. The third-order valence-corrected chi connectivity index (χ3v) is 10.4. The van der Waals surface area contributed by atoms with Gasteiger partial charge in [-0.25, -0.2) is 0 Å². The summed E-state index contributed by atoms with van der Waals surface area (Å²) in [6.07, 6.45) is 17.8. The van der Waals surface area contributed by atoms with Crippen molar-refractivity contribution in [2.24, 2.45) is 34.5 Å². The predicted molar refractivity (Wildman–Crippen MR) is 118 cm³/mol. The highest BCUT2D eigenvalue weighted by atomic mass is 16.5. The summed E-state index contributed by atoms with van der Waals surface area (Å²) in [5, 5.41) is 0. The van der Waals surface area contributed by atoms with E-state index in [-0.39, 0.29) is 22.9 Å². The number of carbonyl (C=O) groups is 2. The Bertz CT molecular complexity index is 732. The van der Waals surface area contributed by atoms with Crippen molar-refractivity contribution in [3.8, 4) is 0 Å². The van der Waals surface area contributed by atoms with Crippen LogP contribution in [0.15, 0.2) is 11.6 Å². The summed E-state index contributed by atoms with van der Waals surface area (Å²) < 4.78 is 6.17. The number of carbonyl (C=O) groups excluding carboxylic acids is 2. The van der Waals surface area contributed by atoms with Crippen LogP contribution >= 0.6 is 0 Å². The first kappa shape index (κ1) is 20.8. The van der Waals surface area contributed by atoms with Gasteiger partial charge in [0.25, 0.3) is 0 Å². The molecule has 3 heteroatoms. The molecule has 5 aliphatic carbocycles. The molecule has 0 radical (unpaired) electrons. The summed E-state index contributed by atoms with van der Waals surface area (Å²) in [5.41, 5.74) is 1.83. The standard InChI is InChI=1S/C27H40O3/c1-26-15-13-20(28)17-19(26)8-9-21-22-10-11-24(27(22,2)16-14-23(21)26)30-25(29)12-7-18-5-3-4-6-18/h17-18,21-24H,3-16H2,1-2H3/t21-,22+,23-,24+,26+,27+/m1/s1. The predicted octanol–water partition coefficient (Wildman–Crippen LogP) is 6.40. The van der Waals surface area contributed by atoms with E-state index in [1.807, 2.05) is 6.08 Å². The fourth-order valence-electron chi connectivity index (χ4n) is 8.54. The van der Waals surface area contributed by atoms with E-state index in [9.17, 15) is 9.59 Å². The van der Waals surface area contributed by atoms with E-state index < -0.39 is 0 Å². The third kappa shape index (κ3) is 3.39. The Morgan fingerprint density at radius 3 is 2.60 bits per heavy atom. The minimum absolute atomic E-state index is 0.0579. The molecule has 4 saturated carbocycles. The van der Waals surface area contributed by atoms with Gasteiger partial charge < -0.3 is 4.74 Å². The van der Waals surface area contributed by atoms with Gasteiger partial charge in [0.05, 0.1) is 0 Å². The van der Waals surface area contributed by atoms with E-state index in [0.717, 1.165) is 43.9 Å². The molecule has 0 bridgehead atoms.